The number of benzene rings is 2. The molecule has 0 aliphatic heterocycles. The third-order valence-electron chi connectivity index (χ3n) is 3.34. The van der Waals surface area contributed by atoms with Gasteiger partial charge in [0, 0.05) is 0 Å². The Kier molecular flexibility index (Phi) is 6.87. The van der Waals surface area contributed by atoms with Crippen LogP contribution in [-0.2, 0) is 9.47 Å². The molecular formula is C23H26O7. The Labute approximate surface area is 175 Å². The van der Waals surface area contributed by atoms with Gasteiger partial charge in [-0.1, -0.05) is 12.1 Å². The van der Waals surface area contributed by atoms with Gasteiger partial charge >= 0.3 is 18.1 Å². The lowest BCUT2D eigenvalue weighted by atomic mass is 10.1. The van der Waals surface area contributed by atoms with E-state index in [2.05, 4.69) is 0 Å². The molecule has 0 N–H and O–H groups in total. The van der Waals surface area contributed by atoms with E-state index >= 15 is 0 Å². The maximum atomic E-state index is 12.2. The van der Waals surface area contributed by atoms with Crippen LogP contribution >= 0.6 is 0 Å². The Morgan fingerprint density at radius 2 is 1.00 bits per heavy atom. The van der Waals surface area contributed by atoms with E-state index in [-0.39, 0.29) is 22.6 Å². The molecule has 0 aliphatic carbocycles. The van der Waals surface area contributed by atoms with Crippen molar-refractivity contribution in [2.45, 2.75) is 52.7 Å². The van der Waals surface area contributed by atoms with Crippen LogP contribution in [0.1, 0.15) is 62.3 Å². The van der Waals surface area contributed by atoms with E-state index < -0.39 is 29.3 Å². The standard InChI is InChI=1S/C23H26O7/c1-22(2,3)29-19(24)15-9-7-11-17(13-15)27-21(26)28-18-12-8-10-16(14-18)20(25)30-23(4,5)6/h7-14H,1-6H3. The van der Waals surface area contributed by atoms with Crippen molar-refractivity contribution in [3.8, 4) is 11.5 Å². The van der Waals surface area contributed by atoms with Crippen LogP contribution in [0.5, 0.6) is 11.5 Å². The Balaban J connectivity index is 2.04. The van der Waals surface area contributed by atoms with Gasteiger partial charge in [-0.05, 0) is 77.9 Å². The fourth-order valence-corrected chi connectivity index (χ4v) is 2.26. The maximum absolute atomic E-state index is 12.2. The van der Waals surface area contributed by atoms with Gasteiger partial charge in [0.25, 0.3) is 0 Å². The molecule has 0 saturated heterocycles. The molecule has 0 fully saturated rings. The number of hydrogen-bond acceptors (Lipinski definition) is 7. The van der Waals surface area contributed by atoms with Crippen molar-refractivity contribution in [1.82, 2.24) is 0 Å². The summed E-state index contributed by atoms with van der Waals surface area (Å²) >= 11 is 0. The van der Waals surface area contributed by atoms with Gasteiger partial charge < -0.3 is 18.9 Å². The van der Waals surface area contributed by atoms with Crippen molar-refractivity contribution < 1.29 is 33.3 Å². The Bertz CT molecular complexity index is 858. The monoisotopic (exact) mass is 414 g/mol. The molecule has 0 heterocycles. The van der Waals surface area contributed by atoms with Crippen molar-refractivity contribution in [1.29, 1.82) is 0 Å². The second-order valence-corrected chi connectivity index (χ2v) is 8.51. The molecule has 0 unspecified atom stereocenters. The average molecular weight is 414 g/mol. The highest BCUT2D eigenvalue weighted by atomic mass is 16.7. The lowest BCUT2D eigenvalue weighted by Gasteiger charge is -2.19. The van der Waals surface area contributed by atoms with Gasteiger partial charge in [-0.25, -0.2) is 14.4 Å². The second-order valence-electron chi connectivity index (χ2n) is 8.51. The van der Waals surface area contributed by atoms with Gasteiger partial charge in [0.2, 0.25) is 0 Å². The number of esters is 2. The van der Waals surface area contributed by atoms with Crippen LogP contribution in [0.4, 0.5) is 4.79 Å². The normalized spacial score (nSPS) is 11.4. The maximum Gasteiger partial charge on any atom is 0.519 e. The Morgan fingerprint density at radius 1 is 0.633 bits per heavy atom. The lowest BCUT2D eigenvalue weighted by molar-refractivity contribution is 0.00569. The predicted octanol–water partition coefficient (Wildman–Crippen LogP) is 5.18. The van der Waals surface area contributed by atoms with E-state index in [9.17, 15) is 14.4 Å². The molecule has 0 aliphatic rings. The first-order valence-electron chi connectivity index (χ1n) is 9.39. The number of carbonyl (C=O) groups is 3. The third-order valence-corrected chi connectivity index (χ3v) is 3.34. The van der Waals surface area contributed by atoms with Crippen molar-refractivity contribution in [2.75, 3.05) is 0 Å². The molecule has 7 heteroatoms. The van der Waals surface area contributed by atoms with Crippen LogP contribution < -0.4 is 9.47 Å². The van der Waals surface area contributed by atoms with E-state index in [1.807, 2.05) is 0 Å². The molecule has 0 amide bonds. The minimum atomic E-state index is -1.02. The highest BCUT2D eigenvalue weighted by Gasteiger charge is 2.20. The summed E-state index contributed by atoms with van der Waals surface area (Å²) in [5.74, 6) is -0.837. The van der Waals surface area contributed by atoms with Crippen LogP contribution in [-0.4, -0.2) is 29.3 Å². The Morgan fingerprint density at radius 3 is 1.33 bits per heavy atom. The van der Waals surface area contributed by atoms with Gasteiger partial charge in [0.15, 0.2) is 0 Å². The lowest BCUT2D eigenvalue weighted by Crippen LogP contribution is -2.24. The highest BCUT2D eigenvalue weighted by Crippen LogP contribution is 2.20. The van der Waals surface area contributed by atoms with Gasteiger partial charge in [-0.15, -0.1) is 0 Å². The smallest absolute Gasteiger partial charge is 0.456 e. The minimum Gasteiger partial charge on any atom is -0.456 e. The highest BCUT2D eigenvalue weighted by molar-refractivity contribution is 5.91. The van der Waals surface area contributed by atoms with Crippen molar-refractivity contribution in [2.24, 2.45) is 0 Å². The second kappa shape index (κ2) is 8.98. The molecule has 0 saturated carbocycles. The number of ether oxygens (including phenoxy) is 4. The molecule has 0 bridgehead atoms. The van der Waals surface area contributed by atoms with Gasteiger partial charge in [-0.2, -0.15) is 0 Å². The summed E-state index contributed by atoms with van der Waals surface area (Å²) < 4.78 is 20.9. The predicted molar refractivity (Wildman–Crippen MR) is 110 cm³/mol. The van der Waals surface area contributed by atoms with E-state index in [0.717, 1.165) is 0 Å². The SMILES string of the molecule is CC(C)(C)OC(=O)c1cccc(OC(=O)Oc2cccc(C(=O)OC(C)(C)C)c2)c1. The molecule has 0 aromatic heterocycles. The Hall–Kier alpha value is -3.35. The molecule has 2 aromatic rings. The molecule has 30 heavy (non-hydrogen) atoms. The summed E-state index contributed by atoms with van der Waals surface area (Å²) in [6, 6.07) is 12.0. The van der Waals surface area contributed by atoms with Gasteiger partial charge in [0.05, 0.1) is 11.1 Å². The van der Waals surface area contributed by atoms with Crippen molar-refractivity contribution in [3.63, 3.8) is 0 Å². The molecule has 7 nitrogen and oxygen atoms in total. The number of carbonyl (C=O) groups excluding carboxylic acids is 3. The van der Waals surface area contributed by atoms with Gasteiger partial charge in [-0.3, -0.25) is 0 Å². The van der Waals surface area contributed by atoms with E-state index in [1.165, 1.54) is 24.3 Å². The number of hydrogen-bond donors (Lipinski definition) is 0. The topological polar surface area (TPSA) is 88.1 Å². The van der Waals surface area contributed by atoms with Crippen molar-refractivity contribution in [3.05, 3.63) is 59.7 Å². The first-order chi connectivity index (χ1) is 13.8. The third kappa shape index (κ3) is 7.58. The average Bonchev–Trinajstić information content (AvgIpc) is 2.59. The largest absolute Gasteiger partial charge is 0.519 e. The van der Waals surface area contributed by atoms with E-state index in [4.69, 9.17) is 18.9 Å². The summed E-state index contributed by atoms with van der Waals surface area (Å²) in [6.07, 6.45) is -1.02. The molecule has 0 spiro atoms. The van der Waals surface area contributed by atoms with Crippen molar-refractivity contribution >= 4 is 18.1 Å². The molecule has 160 valence electrons. The van der Waals surface area contributed by atoms with Crippen LogP contribution in [0.3, 0.4) is 0 Å². The molecule has 0 radical (unpaired) electrons. The van der Waals surface area contributed by atoms with Crippen LogP contribution in [0, 0.1) is 0 Å². The van der Waals surface area contributed by atoms with Crippen LogP contribution in [0.15, 0.2) is 48.5 Å². The molecular weight excluding hydrogens is 388 g/mol. The van der Waals surface area contributed by atoms with Crippen LogP contribution in [0.2, 0.25) is 0 Å². The molecule has 2 aromatic carbocycles. The fraction of sp³-hybridized carbons (Fsp3) is 0.348. The number of rotatable bonds is 4. The first-order valence-corrected chi connectivity index (χ1v) is 9.39. The zero-order valence-electron chi connectivity index (χ0n) is 18.0. The quantitative estimate of drug-likeness (QED) is 0.503. The zero-order chi connectivity index (χ0) is 22.5. The molecule has 2 rings (SSSR count). The van der Waals surface area contributed by atoms with Crippen LogP contribution in [0.25, 0.3) is 0 Å². The minimum absolute atomic E-state index is 0.117. The van der Waals surface area contributed by atoms with E-state index in [0.29, 0.717) is 0 Å². The fourth-order valence-electron chi connectivity index (χ4n) is 2.26. The summed E-state index contributed by atoms with van der Waals surface area (Å²) in [7, 11) is 0. The summed E-state index contributed by atoms with van der Waals surface area (Å²) in [6.45, 7) is 10.5. The molecule has 0 atom stereocenters. The summed E-state index contributed by atoms with van der Waals surface area (Å²) in [4.78, 5) is 36.4. The zero-order valence-corrected chi connectivity index (χ0v) is 18.0. The summed E-state index contributed by atoms with van der Waals surface area (Å²) in [5, 5.41) is 0. The van der Waals surface area contributed by atoms with E-state index in [1.54, 1.807) is 65.8 Å². The first kappa shape index (κ1) is 22.9. The van der Waals surface area contributed by atoms with Gasteiger partial charge in [0.1, 0.15) is 22.7 Å². The summed E-state index contributed by atoms with van der Waals surface area (Å²) in [5.41, 5.74) is -0.817.